The molecule has 0 saturated carbocycles. The van der Waals surface area contributed by atoms with E-state index in [0.29, 0.717) is 5.56 Å². The largest absolute Gasteiger partial charge is 0.317 e. The monoisotopic (exact) mass is 245 g/mol. The molecule has 0 atom stereocenters. The van der Waals surface area contributed by atoms with Gasteiger partial charge in [0.1, 0.15) is 0 Å². The second-order valence-electron chi connectivity index (χ2n) is 2.67. The van der Waals surface area contributed by atoms with Crippen molar-refractivity contribution in [2.45, 2.75) is 0 Å². The molecule has 0 aliphatic rings. The number of benzene rings is 1. The third-order valence-electron chi connectivity index (χ3n) is 1.76. The van der Waals surface area contributed by atoms with Gasteiger partial charge in [-0.3, -0.25) is 9.88 Å². The van der Waals surface area contributed by atoms with Gasteiger partial charge < -0.3 is 9.05 Å². The van der Waals surface area contributed by atoms with E-state index in [1.54, 1.807) is 24.3 Å². The Hall–Kier alpha value is -0.740. The van der Waals surface area contributed by atoms with Gasteiger partial charge in [0.15, 0.2) is 0 Å². The molecule has 15 heavy (non-hydrogen) atoms. The molecule has 0 bridgehead atoms. The third-order valence-corrected chi connectivity index (χ3v) is 4.36. The Morgan fingerprint density at radius 2 is 1.80 bits per heavy atom. The Labute approximate surface area is 93.8 Å². The number of hydrogen-bond acceptors (Lipinski definition) is 4. The summed E-state index contributed by atoms with van der Waals surface area (Å²) in [7, 11) is 2.82. The summed E-state index contributed by atoms with van der Waals surface area (Å²) in [6.45, 7) is -2.67. The van der Waals surface area contributed by atoms with Crippen LogP contribution in [-0.4, -0.2) is 20.1 Å². The zero-order valence-corrected chi connectivity index (χ0v) is 10.2. The van der Waals surface area contributed by atoms with E-state index in [0.717, 1.165) is 0 Å². The van der Waals surface area contributed by atoms with Crippen molar-refractivity contribution in [2.75, 3.05) is 14.2 Å². The highest BCUT2D eigenvalue weighted by atomic mass is 32.5. The predicted molar refractivity (Wildman–Crippen MR) is 62.2 cm³/mol. The van der Waals surface area contributed by atoms with Crippen LogP contribution in [0, 0.1) is 0 Å². The van der Waals surface area contributed by atoms with Gasteiger partial charge in [-0.05, 0) is 23.9 Å². The first-order valence-corrected chi connectivity index (χ1v) is 6.84. The molecule has 0 aliphatic heterocycles. The van der Waals surface area contributed by atoms with Gasteiger partial charge in [-0.25, -0.2) is 0 Å². The van der Waals surface area contributed by atoms with E-state index in [1.165, 1.54) is 14.2 Å². The zero-order chi connectivity index (χ0) is 11.3. The number of amides is 1. The van der Waals surface area contributed by atoms with E-state index in [1.807, 2.05) is 6.07 Å². The number of carbonyl (C=O) groups is 1. The Bertz CT molecular complexity index is 374. The van der Waals surface area contributed by atoms with E-state index < -0.39 is 6.64 Å². The fourth-order valence-corrected chi connectivity index (χ4v) is 1.90. The minimum absolute atomic E-state index is 0.289. The van der Waals surface area contributed by atoms with E-state index in [9.17, 15) is 4.79 Å². The first-order chi connectivity index (χ1) is 7.11. The zero-order valence-electron chi connectivity index (χ0n) is 8.47. The maximum atomic E-state index is 11.7. The minimum Gasteiger partial charge on any atom is -0.317 e. The van der Waals surface area contributed by atoms with Crippen molar-refractivity contribution in [2.24, 2.45) is 0 Å². The summed E-state index contributed by atoms with van der Waals surface area (Å²) in [5.41, 5.74) is 0.529. The second kappa shape index (κ2) is 5.37. The molecular weight excluding hydrogens is 233 g/mol. The van der Waals surface area contributed by atoms with Crippen molar-refractivity contribution >= 4 is 24.4 Å². The van der Waals surface area contributed by atoms with Crippen molar-refractivity contribution in [3.05, 3.63) is 35.9 Å². The fraction of sp³-hybridized carbons (Fsp3) is 0.222. The third kappa shape index (κ3) is 3.39. The summed E-state index contributed by atoms with van der Waals surface area (Å²) in [5.74, 6) is -0.289. The highest BCUT2D eigenvalue weighted by Crippen LogP contribution is 2.41. The van der Waals surface area contributed by atoms with Gasteiger partial charge in [-0.15, -0.1) is 0 Å². The van der Waals surface area contributed by atoms with Gasteiger partial charge in [0.2, 0.25) is 0 Å². The summed E-state index contributed by atoms with van der Waals surface area (Å²) >= 11 is 5.02. The van der Waals surface area contributed by atoms with Crippen LogP contribution in [0.1, 0.15) is 10.4 Å². The van der Waals surface area contributed by atoms with Crippen LogP contribution in [0.3, 0.4) is 0 Å². The Balaban J connectivity index is 2.76. The Kier molecular flexibility index (Phi) is 4.42. The molecule has 1 rings (SSSR count). The summed E-state index contributed by atoms with van der Waals surface area (Å²) in [4.78, 5) is 11.7. The fourth-order valence-electron chi connectivity index (χ4n) is 0.944. The van der Waals surface area contributed by atoms with Crippen LogP contribution in [0.5, 0.6) is 0 Å². The van der Waals surface area contributed by atoms with E-state index in [-0.39, 0.29) is 5.91 Å². The molecule has 0 radical (unpaired) electrons. The molecule has 0 fully saturated rings. The molecule has 1 aromatic carbocycles. The van der Waals surface area contributed by atoms with Gasteiger partial charge >= 0.3 is 0 Å². The molecule has 0 spiro atoms. The van der Waals surface area contributed by atoms with Crippen molar-refractivity contribution in [1.29, 1.82) is 0 Å². The van der Waals surface area contributed by atoms with E-state index >= 15 is 0 Å². The molecule has 0 unspecified atom stereocenters. The molecule has 0 aromatic heterocycles. The number of rotatable bonds is 4. The van der Waals surface area contributed by atoms with Crippen molar-refractivity contribution in [3.8, 4) is 0 Å². The number of nitrogens with one attached hydrogen (secondary N) is 1. The highest BCUT2D eigenvalue weighted by molar-refractivity contribution is 8.09. The van der Waals surface area contributed by atoms with Crippen LogP contribution in [0.15, 0.2) is 30.3 Å². The lowest BCUT2D eigenvalue weighted by Crippen LogP contribution is -2.21. The maximum absolute atomic E-state index is 11.7. The van der Waals surface area contributed by atoms with Crippen LogP contribution >= 0.6 is 6.64 Å². The summed E-state index contributed by atoms with van der Waals surface area (Å²) in [6, 6.07) is 8.77. The smallest absolute Gasteiger partial charge is 0.289 e. The second-order valence-corrected chi connectivity index (χ2v) is 6.06. The van der Waals surface area contributed by atoms with Crippen LogP contribution in [0.25, 0.3) is 0 Å². The molecule has 6 heteroatoms. The average Bonchev–Trinajstić information content (AvgIpc) is 2.30. The number of carbonyl (C=O) groups excluding carboxylic acids is 1. The lowest BCUT2D eigenvalue weighted by atomic mass is 10.2. The van der Waals surface area contributed by atoms with E-state index in [4.69, 9.17) is 20.9 Å². The molecule has 1 aromatic rings. The van der Waals surface area contributed by atoms with Crippen molar-refractivity contribution < 1.29 is 13.8 Å². The Morgan fingerprint density at radius 3 is 2.27 bits per heavy atom. The van der Waals surface area contributed by atoms with Crippen LogP contribution in [-0.2, 0) is 20.9 Å². The standard InChI is InChI=1S/C9H12NO3PS/c1-12-14(15,13-2)10-9(11)8-6-4-3-5-7-8/h3-7H,1-2H3,(H,10,11,15). The molecular formula is C9H12NO3PS. The minimum atomic E-state index is -2.67. The maximum Gasteiger partial charge on any atom is 0.289 e. The van der Waals surface area contributed by atoms with Gasteiger partial charge in [0.05, 0.1) is 0 Å². The van der Waals surface area contributed by atoms with Crippen molar-refractivity contribution in [3.63, 3.8) is 0 Å². The predicted octanol–water partition coefficient (Wildman–Crippen LogP) is 1.93. The van der Waals surface area contributed by atoms with E-state index in [2.05, 4.69) is 5.09 Å². The first-order valence-electron chi connectivity index (χ1n) is 4.20. The Morgan fingerprint density at radius 1 is 1.27 bits per heavy atom. The van der Waals surface area contributed by atoms with Crippen LogP contribution in [0.4, 0.5) is 0 Å². The summed E-state index contributed by atoms with van der Waals surface area (Å²) < 4.78 is 9.90. The molecule has 0 heterocycles. The lowest BCUT2D eigenvalue weighted by Gasteiger charge is -2.18. The quantitative estimate of drug-likeness (QED) is 0.823. The highest BCUT2D eigenvalue weighted by Gasteiger charge is 2.19. The van der Waals surface area contributed by atoms with Crippen LogP contribution in [0.2, 0.25) is 0 Å². The summed E-state index contributed by atoms with van der Waals surface area (Å²) in [5, 5.41) is 2.55. The average molecular weight is 245 g/mol. The SMILES string of the molecule is COP(=S)(NC(=O)c1ccccc1)OC. The van der Waals surface area contributed by atoms with Crippen molar-refractivity contribution in [1.82, 2.24) is 5.09 Å². The normalized spacial score (nSPS) is 11.1. The molecule has 1 N–H and O–H groups in total. The van der Waals surface area contributed by atoms with Gasteiger partial charge in [-0.2, -0.15) is 0 Å². The van der Waals surface area contributed by atoms with Crippen LogP contribution < -0.4 is 5.09 Å². The first kappa shape index (κ1) is 12.3. The van der Waals surface area contributed by atoms with Gasteiger partial charge in [-0.1, -0.05) is 18.2 Å². The summed E-state index contributed by atoms with van der Waals surface area (Å²) in [6.07, 6.45) is 0. The molecule has 0 saturated heterocycles. The molecule has 1 amide bonds. The molecule has 4 nitrogen and oxygen atoms in total. The molecule has 82 valence electrons. The lowest BCUT2D eigenvalue weighted by molar-refractivity contribution is 0.0973. The molecule has 0 aliphatic carbocycles. The number of hydrogen-bond donors (Lipinski definition) is 1. The topological polar surface area (TPSA) is 47.6 Å². The van der Waals surface area contributed by atoms with Gasteiger partial charge in [0, 0.05) is 19.8 Å². The van der Waals surface area contributed by atoms with Gasteiger partial charge in [0.25, 0.3) is 12.5 Å².